The summed E-state index contributed by atoms with van der Waals surface area (Å²) in [4.78, 5) is 11.3. The van der Waals surface area contributed by atoms with Crippen molar-refractivity contribution in [3.8, 4) is 0 Å². The largest absolute Gasteiger partial charge is 0.393 e. The van der Waals surface area contributed by atoms with E-state index in [1.54, 1.807) is 0 Å². The standard InChI is InChI=1S/C9H16N2O2/c12-8-4-7(5-8)11-9(13)10-6-2-1-3-6/h6-8,12H,1-5H2,(H2,10,11,13). The van der Waals surface area contributed by atoms with Gasteiger partial charge in [0.1, 0.15) is 0 Å². The number of aliphatic hydroxyl groups is 1. The fourth-order valence-corrected chi connectivity index (χ4v) is 1.67. The van der Waals surface area contributed by atoms with Crippen LogP contribution in [0.4, 0.5) is 4.79 Å². The number of carbonyl (C=O) groups is 1. The highest BCUT2D eigenvalue weighted by atomic mass is 16.3. The van der Waals surface area contributed by atoms with E-state index in [0.29, 0.717) is 18.9 Å². The van der Waals surface area contributed by atoms with Crippen LogP contribution >= 0.6 is 0 Å². The number of carbonyl (C=O) groups excluding carboxylic acids is 1. The van der Waals surface area contributed by atoms with Crippen molar-refractivity contribution in [3.05, 3.63) is 0 Å². The number of urea groups is 1. The summed E-state index contributed by atoms with van der Waals surface area (Å²) in [6.07, 6.45) is 4.67. The molecule has 2 aliphatic carbocycles. The zero-order valence-corrected chi connectivity index (χ0v) is 7.62. The van der Waals surface area contributed by atoms with Crippen molar-refractivity contribution in [1.82, 2.24) is 10.6 Å². The Balaban J connectivity index is 1.61. The van der Waals surface area contributed by atoms with Crippen LogP contribution in [0.2, 0.25) is 0 Å². The Kier molecular flexibility index (Phi) is 2.40. The number of hydrogen-bond donors (Lipinski definition) is 3. The Labute approximate surface area is 77.7 Å². The van der Waals surface area contributed by atoms with E-state index in [1.165, 1.54) is 6.42 Å². The lowest BCUT2D eigenvalue weighted by molar-refractivity contribution is 0.0659. The van der Waals surface area contributed by atoms with Crippen LogP contribution in [0.3, 0.4) is 0 Å². The van der Waals surface area contributed by atoms with E-state index in [-0.39, 0.29) is 18.2 Å². The molecular weight excluding hydrogens is 168 g/mol. The molecule has 0 radical (unpaired) electrons. The van der Waals surface area contributed by atoms with Gasteiger partial charge in [0.2, 0.25) is 0 Å². The van der Waals surface area contributed by atoms with Gasteiger partial charge < -0.3 is 15.7 Å². The van der Waals surface area contributed by atoms with Gasteiger partial charge in [0.05, 0.1) is 6.10 Å². The molecule has 0 unspecified atom stereocenters. The van der Waals surface area contributed by atoms with Crippen molar-refractivity contribution in [1.29, 1.82) is 0 Å². The lowest BCUT2D eigenvalue weighted by Gasteiger charge is -2.33. The smallest absolute Gasteiger partial charge is 0.315 e. The highest BCUT2D eigenvalue weighted by Crippen LogP contribution is 2.20. The molecular formula is C9H16N2O2. The third-order valence-electron chi connectivity index (χ3n) is 2.89. The fourth-order valence-electron chi connectivity index (χ4n) is 1.67. The minimum atomic E-state index is -0.200. The third-order valence-corrected chi connectivity index (χ3v) is 2.89. The average Bonchev–Trinajstić information content (AvgIpc) is 1.94. The maximum atomic E-state index is 11.3. The van der Waals surface area contributed by atoms with Crippen LogP contribution in [0, 0.1) is 0 Å². The summed E-state index contributed by atoms with van der Waals surface area (Å²) in [5.41, 5.74) is 0. The molecule has 2 aliphatic rings. The Bertz CT molecular complexity index is 198. The van der Waals surface area contributed by atoms with E-state index < -0.39 is 0 Å². The molecule has 0 aromatic carbocycles. The first kappa shape index (κ1) is 8.81. The Morgan fingerprint density at radius 2 is 1.77 bits per heavy atom. The van der Waals surface area contributed by atoms with Gasteiger partial charge in [0, 0.05) is 12.1 Å². The second kappa shape index (κ2) is 3.54. The summed E-state index contributed by atoms with van der Waals surface area (Å²) in [6.45, 7) is 0. The molecule has 74 valence electrons. The number of hydrogen-bond acceptors (Lipinski definition) is 2. The number of aliphatic hydroxyl groups excluding tert-OH is 1. The molecule has 0 bridgehead atoms. The maximum absolute atomic E-state index is 11.3. The lowest BCUT2D eigenvalue weighted by Crippen LogP contribution is -2.53. The predicted octanol–water partition coefficient (Wildman–Crippen LogP) is 0.361. The monoisotopic (exact) mass is 184 g/mol. The van der Waals surface area contributed by atoms with E-state index >= 15 is 0 Å². The molecule has 0 spiro atoms. The third kappa shape index (κ3) is 2.12. The summed E-state index contributed by atoms with van der Waals surface area (Å²) in [6, 6.07) is 0.515. The van der Waals surface area contributed by atoms with Crippen molar-refractivity contribution in [2.45, 2.75) is 50.3 Å². The zero-order valence-electron chi connectivity index (χ0n) is 7.62. The van der Waals surface area contributed by atoms with Gasteiger partial charge in [0.25, 0.3) is 0 Å². The van der Waals surface area contributed by atoms with E-state index in [1.807, 2.05) is 0 Å². The van der Waals surface area contributed by atoms with E-state index in [9.17, 15) is 4.79 Å². The highest BCUT2D eigenvalue weighted by molar-refractivity contribution is 5.74. The van der Waals surface area contributed by atoms with Crippen LogP contribution in [0.15, 0.2) is 0 Å². The van der Waals surface area contributed by atoms with Crippen molar-refractivity contribution in [3.63, 3.8) is 0 Å². The van der Waals surface area contributed by atoms with Crippen LogP contribution in [0.5, 0.6) is 0 Å². The molecule has 0 aromatic heterocycles. The molecule has 0 saturated heterocycles. The van der Waals surface area contributed by atoms with Gasteiger partial charge in [-0.05, 0) is 32.1 Å². The second-order valence-corrected chi connectivity index (χ2v) is 4.07. The molecule has 2 amide bonds. The van der Waals surface area contributed by atoms with Gasteiger partial charge in [-0.25, -0.2) is 4.79 Å². The minimum Gasteiger partial charge on any atom is -0.393 e. The predicted molar refractivity (Wildman–Crippen MR) is 48.3 cm³/mol. The molecule has 13 heavy (non-hydrogen) atoms. The lowest BCUT2D eigenvalue weighted by atomic mass is 9.89. The van der Waals surface area contributed by atoms with Gasteiger partial charge in [-0.3, -0.25) is 0 Å². The molecule has 2 fully saturated rings. The zero-order chi connectivity index (χ0) is 9.26. The molecule has 0 aliphatic heterocycles. The van der Waals surface area contributed by atoms with Crippen LogP contribution in [0.1, 0.15) is 32.1 Å². The minimum absolute atomic E-state index is 0.0680. The topological polar surface area (TPSA) is 61.4 Å². The van der Waals surface area contributed by atoms with Gasteiger partial charge >= 0.3 is 6.03 Å². The van der Waals surface area contributed by atoms with Gasteiger partial charge in [-0.15, -0.1) is 0 Å². The van der Waals surface area contributed by atoms with Gasteiger partial charge in [-0.1, -0.05) is 0 Å². The first-order chi connectivity index (χ1) is 6.24. The molecule has 2 saturated carbocycles. The number of rotatable bonds is 2. The SMILES string of the molecule is O=C(NC1CCC1)NC1CC(O)C1. The molecule has 2 rings (SSSR count). The fraction of sp³-hybridized carbons (Fsp3) is 0.889. The van der Waals surface area contributed by atoms with Crippen LogP contribution in [-0.4, -0.2) is 29.3 Å². The normalized spacial score (nSPS) is 33.0. The van der Waals surface area contributed by atoms with Gasteiger partial charge in [0.15, 0.2) is 0 Å². The average molecular weight is 184 g/mol. The first-order valence-corrected chi connectivity index (χ1v) is 4.99. The summed E-state index contributed by atoms with van der Waals surface area (Å²) in [7, 11) is 0. The van der Waals surface area contributed by atoms with E-state index in [0.717, 1.165) is 12.8 Å². The van der Waals surface area contributed by atoms with Gasteiger partial charge in [-0.2, -0.15) is 0 Å². The van der Waals surface area contributed by atoms with Crippen LogP contribution < -0.4 is 10.6 Å². The Hall–Kier alpha value is -0.770. The van der Waals surface area contributed by atoms with Crippen LogP contribution in [-0.2, 0) is 0 Å². The molecule has 4 heteroatoms. The number of amides is 2. The maximum Gasteiger partial charge on any atom is 0.315 e. The van der Waals surface area contributed by atoms with Crippen molar-refractivity contribution < 1.29 is 9.90 Å². The number of nitrogens with one attached hydrogen (secondary N) is 2. The molecule has 0 aromatic rings. The molecule has 0 atom stereocenters. The molecule has 4 nitrogen and oxygen atoms in total. The first-order valence-electron chi connectivity index (χ1n) is 4.99. The Morgan fingerprint density at radius 1 is 1.15 bits per heavy atom. The molecule has 3 N–H and O–H groups in total. The summed E-state index contributed by atoms with van der Waals surface area (Å²) >= 11 is 0. The summed E-state index contributed by atoms with van der Waals surface area (Å²) < 4.78 is 0. The summed E-state index contributed by atoms with van der Waals surface area (Å²) in [5, 5.41) is 14.7. The second-order valence-electron chi connectivity index (χ2n) is 4.07. The van der Waals surface area contributed by atoms with Crippen molar-refractivity contribution >= 4 is 6.03 Å². The van der Waals surface area contributed by atoms with E-state index in [4.69, 9.17) is 5.11 Å². The van der Waals surface area contributed by atoms with E-state index in [2.05, 4.69) is 10.6 Å². The molecule has 0 heterocycles. The highest BCUT2D eigenvalue weighted by Gasteiger charge is 2.29. The Morgan fingerprint density at radius 3 is 2.23 bits per heavy atom. The van der Waals surface area contributed by atoms with Crippen molar-refractivity contribution in [2.24, 2.45) is 0 Å². The van der Waals surface area contributed by atoms with Crippen molar-refractivity contribution in [2.75, 3.05) is 0 Å². The quantitative estimate of drug-likeness (QED) is 0.580. The summed E-state index contributed by atoms with van der Waals surface area (Å²) in [5.74, 6) is 0. The van der Waals surface area contributed by atoms with Crippen LogP contribution in [0.25, 0.3) is 0 Å².